The van der Waals surface area contributed by atoms with Crippen molar-refractivity contribution < 1.29 is 28.6 Å². The van der Waals surface area contributed by atoms with Crippen LogP contribution in [0.3, 0.4) is 0 Å². The minimum atomic E-state index is -1.73. The number of amides is 2. The number of rotatable bonds is 14. The predicted octanol–water partition coefficient (Wildman–Crippen LogP) is 6.32. The molecule has 0 aromatic heterocycles. The molecular weight excluding hydrogens is 576 g/mol. The topological polar surface area (TPSA) is 94.2 Å². The van der Waals surface area contributed by atoms with Gasteiger partial charge >= 0.3 is 12.2 Å². The number of alkyl carbamates (subject to hydrolysis) is 1. The summed E-state index contributed by atoms with van der Waals surface area (Å²) in [5.74, 6) is 0. The largest absolute Gasteiger partial charge is 0.445 e. The molecular formula is C35H38N2O6S. The molecule has 0 spiro atoms. The number of nitrogens with zero attached hydrogens (tertiary/aromatic N) is 1. The fourth-order valence-corrected chi connectivity index (χ4v) is 7.44. The molecule has 44 heavy (non-hydrogen) atoms. The van der Waals surface area contributed by atoms with E-state index in [0.29, 0.717) is 19.3 Å². The molecule has 1 saturated heterocycles. The van der Waals surface area contributed by atoms with Gasteiger partial charge in [0.05, 0.1) is 4.75 Å². The SMILES string of the molecule is C=CCOC(=O)NC(C=O)(CC1CC(SC(c2ccccc2)(c2ccccc2)c2ccccc2)CN1C(=O)OCC=C)OC. The summed E-state index contributed by atoms with van der Waals surface area (Å²) in [6.45, 7) is 7.54. The Bertz CT molecular complexity index is 1310. The Hall–Kier alpha value is -4.34. The Labute approximate surface area is 263 Å². The van der Waals surface area contributed by atoms with E-state index in [9.17, 15) is 14.4 Å². The number of hydrogen-bond donors (Lipinski definition) is 1. The molecule has 8 nitrogen and oxygen atoms in total. The van der Waals surface area contributed by atoms with Crippen LogP contribution < -0.4 is 5.32 Å². The maximum absolute atomic E-state index is 13.4. The summed E-state index contributed by atoms with van der Waals surface area (Å²) in [5.41, 5.74) is 1.56. The average molecular weight is 615 g/mol. The Morgan fingerprint density at radius 2 is 1.39 bits per heavy atom. The van der Waals surface area contributed by atoms with Crippen molar-refractivity contribution in [3.8, 4) is 0 Å². The number of aldehydes is 1. The molecule has 1 N–H and O–H groups in total. The second-order valence-electron chi connectivity index (χ2n) is 10.4. The van der Waals surface area contributed by atoms with Crippen molar-refractivity contribution in [1.29, 1.82) is 0 Å². The number of nitrogens with one attached hydrogen (secondary N) is 1. The lowest BCUT2D eigenvalue weighted by Crippen LogP contribution is -2.55. The minimum absolute atomic E-state index is 0.00848. The number of methoxy groups -OCH3 is 1. The van der Waals surface area contributed by atoms with Crippen LogP contribution in [-0.2, 0) is 23.8 Å². The fourth-order valence-electron chi connectivity index (χ4n) is 5.57. The zero-order valence-electron chi connectivity index (χ0n) is 24.8. The quantitative estimate of drug-likeness (QED) is 0.0983. The number of ether oxygens (including phenoxy) is 3. The second-order valence-corrected chi connectivity index (χ2v) is 11.9. The van der Waals surface area contributed by atoms with Crippen molar-refractivity contribution >= 4 is 30.2 Å². The minimum Gasteiger partial charge on any atom is -0.445 e. The molecule has 2 amide bonds. The average Bonchev–Trinajstić information content (AvgIpc) is 3.47. The molecule has 1 fully saturated rings. The summed E-state index contributed by atoms with van der Waals surface area (Å²) in [4.78, 5) is 39.8. The van der Waals surface area contributed by atoms with Crippen LogP contribution in [0.25, 0.3) is 0 Å². The third-order valence-corrected chi connectivity index (χ3v) is 9.29. The Kier molecular flexibility index (Phi) is 11.4. The van der Waals surface area contributed by atoms with E-state index in [-0.39, 0.29) is 24.9 Å². The van der Waals surface area contributed by atoms with E-state index in [4.69, 9.17) is 14.2 Å². The van der Waals surface area contributed by atoms with E-state index in [1.54, 1.807) is 16.7 Å². The van der Waals surface area contributed by atoms with Gasteiger partial charge in [-0.3, -0.25) is 10.1 Å². The summed E-state index contributed by atoms with van der Waals surface area (Å²) >= 11 is 1.75. The van der Waals surface area contributed by atoms with Crippen molar-refractivity contribution in [3.63, 3.8) is 0 Å². The smallest absolute Gasteiger partial charge is 0.410 e. The summed E-state index contributed by atoms with van der Waals surface area (Å²) in [6, 6.07) is 30.4. The number of likely N-dealkylation sites (tertiary alicyclic amines) is 1. The van der Waals surface area contributed by atoms with Crippen molar-refractivity contribution in [2.45, 2.75) is 34.6 Å². The highest BCUT2D eigenvalue weighted by molar-refractivity contribution is 8.01. The Morgan fingerprint density at radius 1 is 0.886 bits per heavy atom. The van der Waals surface area contributed by atoms with E-state index in [0.717, 1.165) is 16.7 Å². The van der Waals surface area contributed by atoms with Crippen LogP contribution in [0.5, 0.6) is 0 Å². The molecule has 0 radical (unpaired) electrons. The highest BCUT2D eigenvalue weighted by Crippen LogP contribution is 2.52. The lowest BCUT2D eigenvalue weighted by Gasteiger charge is -2.37. The number of hydrogen-bond acceptors (Lipinski definition) is 7. The lowest BCUT2D eigenvalue weighted by atomic mass is 9.84. The van der Waals surface area contributed by atoms with E-state index >= 15 is 0 Å². The Balaban J connectivity index is 1.74. The van der Waals surface area contributed by atoms with Crippen molar-refractivity contribution in [3.05, 3.63) is 133 Å². The first-order valence-electron chi connectivity index (χ1n) is 14.4. The lowest BCUT2D eigenvalue weighted by molar-refractivity contribution is -0.133. The van der Waals surface area contributed by atoms with Crippen LogP contribution in [-0.4, -0.2) is 67.3 Å². The summed E-state index contributed by atoms with van der Waals surface area (Å²) in [7, 11) is 1.33. The van der Waals surface area contributed by atoms with Gasteiger partial charge in [0, 0.05) is 31.4 Å². The first kappa shape index (κ1) is 32.6. The van der Waals surface area contributed by atoms with Crippen molar-refractivity contribution in [1.82, 2.24) is 10.2 Å². The molecule has 9 heteroatoms. The number of carbonyl (C=O) groups is 3. The molecule has 230 valence electrons. The molecule has 4 rings (SSSR count). The van der Waals surface area contributed by atoms with Gasteiger partial charge in [0.1, 0.15) is 13.2 Å². The van der Waals surface area contributed by atoms with Gasteiger partial charge in [-0.15, -0.1) is 11.8 Å². The van der Waals surface area contributed by atoms with E-state index in [2.05, 4.69) is 54.9 Å². The molecule has 0 aliphatic carbocycles. The fraction of sp³-hybridized carbons (Fsp3) is 0.286. The van der Waals surface area contributed by atoms with Gasteiger partial charge in [-0.2, -0.15) is 0 Å². The van der Waals surface area contributed by atoms with Gasteiger partial charge in [0.25, 0.3) is 0 Å². The molecule has 0 saturated carbocycles. The normalized spacial score (nSPS) is 17.6. The van der Waals surface area contributed by atoms with E-state index < -0.39 is 28.7 Å². The summed E-state index contributed by atoms with van der Waals surface area (Å²) in [5, 5.41) is 2.44. The van der Waals surface area contributed by atoms with Gasteiger partial charge < -0.3 is 19.1 Å². The predicted molar refractivity (Wildman–Crippen MR) is 172 cm³/mol. The van der Waals surface area contributed by atoms with Gasteiger partial charge in [0.2, 0.25) is 5.72 Å². The summed E-state index contributed by atoms with van der Waals surface area (Å²) < 4.78 is 15.4. The molecule has 1 aliphatic heterocycles. The third kappa shape index (κ3) is 7.41. The number of benzene rings is 3. The molecule has 3 aromatic carbocycles. The molecule has 3 atom stereocenters. The zero-order chi connectivity index (χ0) is 31.4. The van der Waals surface area contributed by atoms with Crippen LogP contribution in [0.2, 0.25) is 0 Å². The van der Waals surface area contributed by atoms with Gasteiger partial charge in [-0.1, -0.05) is 116 Å². The Morgan fingerprint density at radius 3 is 1.84 bits per heavy atom. The van der Waals surface area contributed by atoms with Crippen LogP contribution in [0.4, 0.5) is 9.59 Å². The van der Waals surface area contributed by atoms with Crippen LogP contribution >= 0.6 is 11.8 Å². The molecule has 0 bridgehead atoms. The number of thioether (sulfide) groups is 1. The molecule has 1 aliphatic rings. The maximum atomic E-state index is 13.4. The van der Waals surface area contributed by atoms with E-state index in [1.165, 1.54) is 19.3 Å². The molecule has 3 unspecified atom stereocenters. The maximum Gasteiger partial charge on any atom is 0.410 e. The van der Waals surface area contributed by atoms with Crippen LogP contribution in [0, 0.1) is 0 Å². The van der Waals surface area contributed by atoms with Crippen LogP contribution in [0.1, 0.15) is 29.5 Å². The van der Waals surface area contributed by atoms with Crippen molar-refractivity contribution in [2.24, 2.45) is 0 Å². The summed E-state index contributed by atoms with van der Waals surface area (Å²) in [6.07, 6.45) is 2.58. The molecule has 1 heterocycles. The standard InChI is InChI=1S/C35H38N2O6S/c1-4-21-42-32(39)36-34(26-38,41-3)24-30-23-31(25-37(30)33(40)43-22-5-2)44-35(27-15-9-6-10-16-27,28-17-11-7-12-18-28)29-19-13-8-14-20-29/h4-20,26,30-31H,1-2,21-25H2,3H3,(H,36,39). The van der Waals surface area contributed by atoms with Crippen LogP contribution in [0.15, 0.2) is 116 Å². The van der Waals surface area contributed by atoms with Gasteiger partial charge in [-0.25, -0.2) is 9.59 Å². The second kappa shape index (κ2) is 15.4. The van der Waals surface area contributed by atoms with E-state index in [1.807, 2.05) is 54.6 Å². The highest BCUT2D eigenvalue weighted by atomic mass is 32.2. The van der Waals surface area contributed by atoms with Gasteiger partial charge in [0.15, 0.2) is 6.29 Å². The monoisotopic (exact) mass is 614 g/mol. The van der Waals surface area contributed by atoms with Crippen molar-refractivity contribution in [2.75, 3.05) is 26.9 Å². The zero-order valence-corrected chi connectivity index (χ0v) is 25.6. The third-order valence-electron chi connectivity index (χ3n) is 7.56. The highest BCUT2D eigenvalue weighted by Gasteiger charge is 2.47. The first-order chi connectivity index (χ1) is 21.4. The molecule has 3 aromatic rings. The number of carbonyl (C=O) groups excluding carboxylic acids is 3. The first-order valence-corrected chi connectivity index (χ1v) is 15.2. The van der Waals surface area contributed by atoms with Gasteiger partial charge in [-0.05, 0) is 23.1 Å².